The lowest BCUT2D eigenvalue weighted by atomic mass is 10.1. The Morgan fingerprint density at radius 2 is 0.980 bits per heavy atom. The first-order valence-electron chi connectivity index (χ1n) is 34.1. The standard InChI is InChI=1S/C72H98N6O21/c1-53-38-58-47-74-62-45-66(64(84-3)43-60(62)71(82)77(58)49-53)98-51-56-40-55(41-57(42-56)52-99-67-46-63-61(44-65(67)85-4)72(83)78-50-54(2)39-59(78)48-75-63)11-14-86-16-18-88-20-22-90-24-26-92-28-30-94-32-34-96-36-37-97-35-33-95-31-29-93-27-25-91-23-21-89-19-17-87-15-12-73-68(79)8-6-5-7-13-76-69(80)9-10-70(76)81/h9-11,14,40-48,54,58-59H,1,5-8,12-13,15-39,49-52H2,2-4H3,(H,73,79)/b14-11+/t54?,58-,59?/m0/s1. The molecule has 5 amide bonds. The van der Waals surface area contributed by atoms with E-state index in [2.05, 4.69) is 18.8 Å². The van der Waals surface area contributed by atoms with Crippen molar-refractivity contribution in [1.82, 2.24) is 20.0 Å². The van der Waals surface area contributed by atoms with Crippen LogP contribution in [0, 0.1) is 5.92 Å². The SMILES string of the molecule is C=C1C[C@H]2C=Nc3cc(OCc4cc(/C=C/OCCOCCOCCOCCOCCOCCOCCOCCOCCOCCOCCOCCNC(=O)CCCCCN5C(=O)C=CC5=O)cc(COc5cc6c(cc5OC)C(=O)N5CC(C)CC5C=N6)c4)c(OC)cc3C(=O)N2C1. The van der Waals surface area contributed by atoms with Gasteiger partial charge in [-0.15, -0.1) is 0 Å². The Kier molecular flexibility index (Phi) is 34.1. The van der Waals surface area contributed by atoms with Crippen LogP contribution < -0.4 is 24.3 Å². The maximum Gasteiger partial charge on any atom is 0.257 e. The van der Waals surface area contributed by atoms with E-state index in [0.717, 1.165) is 35.1 Å². The monoisotopic (exact) mass is 1380 g/mol. The van der Waals surface area contributed by atoms with Crippen molar-refractivity contribution in [2.24, 2.45) is 15.9 Å². The predicted octanol–water partition coefficient (Wildman–Crippen LogP) is 6.69. The quantitative estimate of drug-likeness (QED) is 0.0267. The van der Waals surface area contributed by atoms with Gasteiger partial charge < -0.3 is 90.9 Å². The number of aliphatic imine (C=N–C) groups is 2. The molecule has 8 rings (SSSR count). The smallest absolute Gasteiger partial charge is 0.257 e. The summed E-state index contributed by atoms with van der Waals surface area (Å²) in [5, 5.41) is 2.82. The van der Waals surface area contributed by atoms with Gasteiger partial charge in [0.1, 0.15) is 19.8 Å². The Hall–Kier alpha value is -7.67. The van der Waals surface area contributed by atoms with E-state index in [1.807, 2.05) is 35.4 Å². The second-order valence-electron chi connectivity index (χ2n) is 23.8. The zero-order valence-corrected chi connectivity index (χ0v) is 57.5. The Morgan fingerprint density at radius 3 is 1.45 bits per heavy atom. The second-order valence-corrected chi connectivity index (χ2v) is 23.8. The normalized spacial score (nSPS) is 17.0. The molecule has 3 aromatic rings. The molecule has 0 saturated carbocycles. The number of imide groups is 1. The van der Waals surface area contributed by atoms with Gasteiger partial charge in [-0.05, 0) is 84.7 Å². The van der Waals surface area contributed by atoms with Crippen molar-refractivity contribution < 1.29 is 99.8 Å². The number of carbonyl (C=O) groups is 5. The average Bonchev–Trinajstić information content (AvgIpc) is 1.31. The highest BCUT2D eigenvalue weighted by Gasteiger charge is 2.37. The van der Waals surface area contributed by atoms with Crippen molar-refractivity contribution in [1.29, 1.82) is 0 Å². The zero-order chi connectivity index (χ0) is 69.7. The summed E-state index contributed by atoms with van der Waals surface area (Å²) in [6.45, 7) is 18.3. The number of fused-ring (bicyclic) bond motifs is 4. The Bertz CT molecular complexity index is 3160. The molecule has 542 valence electrons. The number of benzene rings is 3. The first-order chi connectivity index (χ1) is 48.5. The number of nitrogens with one attached hydrogen (secondary N) is 1. The van der Waals surface area contributed by atoms with Crippen LogP contribution in [0.25, 0.3) is 6.08 Å². The molecule has 0 aliphatic carbocycles. The van der Waals surface area contributed by atoms with Crippen LogP contribution in [0.3, 0.4) is 0 Å². The minimum atomic E-state index is -0.279. The Balaban J connectivity index is 0.594. The fourth-order valence-electron chi connectivity index (χ4n) is 11.2. The summed E-state index contributed by atoms with van der Waals surface area (Å²) in [4.78, 5) is 76.7. The zero-order valence-electron chi connectivity index (χ0n) is 57.5. The molecule has 0 radical (unpaired) electrons. The average molecular weight is 1380 g/mol. The molecule has 0 spiro atoms. The summed E-state index contributed by atoms with van der Waals surface area (Å²) in [5.74, 6) is 1.28. The highest BCUT2D eigenvalue weighted by atomic mass is 16.6. The number of carbonyl (C=O) groups excluding carboxylic acids is 5. The van der Waals surface area contributed by atoms with Gasteiger partial charge in [0.05, 0.1) is 200 Å². The van der Waals surface area contributed by atoms with E-state index >= 15 is 0 Å². The lowest BCUT2D eigenvalue weighted by Crippen LogP contribution is -2.35. The van der Waals surface area contributed by atoms with E-state index in [1.54, 1.807) is 48.8 Å². The van der Waals surface area contributed by atoms with E-state index < -0.39 is 0 Å². The molecule has 3 aromatic carbocycles. The number of unbranched alkanes of at least 4 members (excludes halogenated alkanes) is 2. The van der Waals surface area contributed by atoms with Crippen LogP contribution in [0.4, 0.5) is 11.4 Å². The third kappa shape index (κ3) is 26.4. The van der Waals surface area contributed by atoms with Gasteiger partial charge in [0, 0.05) is 69.3 Å². The summed E-state index contributed by atoms with van der Waals surface area (Å²) < 4.78 is 91.4. The van der Waals surface area contributed by atoms with Crippen molar-refractivity contribution in [3.05, 3.63) is 101 Å². The molecule has 99 heavy (non-hydrogen) atoms. The fraction of sp³-hybridized carbons (Fsp3) is 0.569. The highest BCUT2D eigenvalue weighted by Crippen LogP contribution is 2.41. The van der Waals surface area contributed by atoms with Gasteiger partial charge in [-0.25, -0.2) is 0 Å². The molecule has 2 saturated heterocycles. The number of amides is 5. The second kappa shape index (κ2) is 43.8. The van der Waals surface area contributed by atoms with Crippen molar-refractivity contribution in [3.8, 4) is 23.0 Å². The van der Waals surface area contributed by atoms with Crippen LogP contribution in [0.15, 0.2) is 83.0 Å². The molecule has 2 fully saturated rings. The summed E-state index contributed by atoms with van der Waals surface area (Å²) in [5.41, 5.74) is 5.40. The highest BCUT2D eigenvalue weighted by molar-refractivity contribution is 6.13. The first kappa shape index (κ1) is 77.1. The minimum absolute atomic E-state index is 0.0521. The number of hydrogen-bond acceptors (Lipinski definition) is 23. The summed E-state index contributed by atoms with van der Waals surface area (Å²) >= 11 is 0. The Labute approximate surface area is 579 Å². The lowest BCUT2D eigenvalue weighted by molar-refractivity contribution is -0.137. The van der Waals surface area contributed by atoms with Crippen LogP contribution in [0.5, 0.6) is 23.0 Å². The third-order valence-electron chi connectivity index (χ3n) is 16.2. The van der Waals surface area contributed by atoms with Crippen LogP contribution in [-0.4, -0.2) is 261 Å². The number of ether oxygens (including phenoxy) is 16. The van der Waals surface area contributed by atoms with Gasteiger partial charge in [0.2, 0.25) is 5.91 Å². The fourth-order valence-corrected chi connectivity index (χ4v) is 11.2. The number of nitrogens with zero attached hydrogens (tertiary/aromatic N) is 5. The number of hydrogen-bond donors (Lipinski definition) is 1. The van der Waals surface area contributed by atoms with Crippen LogP contribution in [0.2, 0.25) is 0 Å². The molecular weight excluding hydrogens is 1280 g/mol. The third-order valence-corrected chi connectivity index (χ3v) is 16.2. The van der Waals surface area contributed by atoms with E-state index in [4.69, 9.17) is 85.8 Å². The van der Waals surface area contributed by atoms with Crippen molar-refractivity contribution >= 4 is 59.4 Å². The molecule has 5 heterocycles. The van der Waals surface area contributed by atoms with Crippen LogP contribution in [0.1, 0.15) is 82.9 Å². The summed E-state index contributed by atoms with van der Waals surface area (Å²) in [7, 11) is 3.09. The van der Waals surface area contributed by atoms with Crippen LogP contribution >= 0.6 is 0 Å². The first-order valence-corrected chi connectivity index (χ1v) is 34.1. The topological polar surface area (TPSA) is 280 Å². The van der Waals surface area contributed by atoms with Crippen molar-refractivity contribution in [2.45, 2.75) is 70.7 Å². The molecule has 3 atom stereocenters. The maximum absolute atomic E-state index is 13.7. The maximum atomic E-state index is 13.7. The molecule has 27 heteroatoms. The van der Waals surface area contributed by atoms with E-state index in [1.165, 1.54) is 24.2 Å². The molecule has 5 aliphatic rings. The van der Waals surface area contributed by atoms with Gasteiger partial charge in [-0.3, -0.25) is 38.9 Å². The predicted molar refractivity (Wildman–Crippen MR) is 366 cm³/mol. The molecule has 27 nitrogen and oxygen atoms in total. The molecule has 1 N–H and O–H groups in total. The summed E-state index contributed by atoms with van der Waals surface area (Å²) in [6.07, 6.45) is 13.7. The molecule has 0 aromatic heterocycles. The molecule has 5 aliphatic heterocycles. The molecular formula is C72H98N6O21. The van der Waals surface area contributed by atoms with Gasteiger partial charge in [0.25, 0.3) is 23.6 Å². The van der Waals surface area contributed by atoms with E-state index in [9.17, 15) is 24.0 Å². The van der Waals surface area contributed by atoms with Crippen molar-refractivity contribution in [2.75, 3.05) is 192 Å². The lowest BCUT2D eigenvalue weighted by Gasteiger charge is -2.20. The van der Waals surface area contributed by atoms with Crippen molar-refractivity contribution in [3.63, 3.8) is 0 Å². The number of rotatable bonds is 52. The van der Waals surface area contributed by atoms with Gasteiger partial charge in [-0.2, -0.15) is 0 Å². The van der Waals surface area contributed by atoms with Gasteiger partial charge >= 0.3 is 0 Å². The minimum Gasteiger partial charge on any atom is -0.499 e. The summed E-state index contributed by atoms with van der Waals surface area (Å²) in [6, 6.07) is 12.6. The largest absolute Gasteiger partial charge is 0.499 e. The molecule has 0 bridgehead atoms. The van der Waals surface area contributed by atoms with E-state index in [0.29, 0.717) is 255 Å². The number of methoxy groups -OCH3 is 2. The van der Waals surface area contributed by atoms with Crippen LogP contribution in [-0.2, 0) is 84.4 Å². The van der Waals surface area contributed by atoms with Gasteiger partial charge in [0.15, 0.2) is 23.0 Å². The van der Waals surface area contributed by atoms with Gasteiger partial charge in [-0.1, -0.05) is 25.5 Å². The van der Waals surface area contributed by atoms with E-state index in [-0.39, 0.29) is 54.8 Å². The Morgan fingerprint density at radius 1 is 0.535 bits per heavy atom. The molecule has 2 unspecified atom stereocenters.